The van der Waals surface area contributed by atoms with Gasteiger partial charge >= 0.3 is 5.97 Å². The molecule has 1 N–H and O–H groups in total. The molecule has 0 amide bonds. The minimum Gasteiger partial charge on any atom is -0.479 e. The first-order valence-electron chi connectivity index (χ1n) is 6.18. The van der Waals surface area contributed by atoms with E-state index in [1.165, 1.54) is 5.06 Å². The SMILES string of the molecule is CC(C)(C)ON1C2=CC=CCC2C(=C=O)C1C(=O)O. The quantitative estimate of drug-likeness (QED) is 0.768. The van der Waals surface area contributed by atoms with Gasteiger partial charge in [-0.25, -0.2) is 14.7 Å². The fourth-order valence-electron chi connectivity index (χ4n) is 2.36. The third kappa shape index (κ3) is 2.48. The topological polar surface area (TPSA) is 66.8 Å². The lowest BCUT2D eigenvalue weighted by Gasteiger charge is -2.32. The van der Waals surface area contributed by atoms with Crippen LogP contribution in [0.15, 0.2) is 29.5 Å². The molecule has 0 saturated carbocycles. The molecule has 0 bridgehead atoms. The maximum atomic E-state index is 11.4. The summed E-state index contributed by atoms with van der Waals surface area (Å²) in [4.78, 5) is 28.3. The molecule has 5 heteroatoms. The highest BCUT2D eigenvalue weighted by atomic mass is 16.7. The molecule has 19 heavy (non-hydrogen) atoms. The van der Waals surface area contributed by atoms with E-state index >= 15 is 0 Å². The molecule has 1 heterocycles. The van der Waals surface area contributed by atoms with Gasteiger partial charge in [-0.1, -0.05) is 12.2 Å². The number of carbonyl (C=O) groups is 1. The van der Waals surface area contributed by atoms with Gasteiger partial charge in [0, 0.05) is 5.92 Å². The van der Waals surface area contributed by atoms with Crippen molar-refractivity contribution in [1.29, 1.82) is 0 Å². The summed E-state index contributed by atoms with van der Waals surface area (Å²) in [5.41, 5.74) is 0.397. The van der Waals surface area contributed by atoms with Crippen LogP contribution < -0.4 is 0 Å². The van der Waals surface area contributed by atoms with Crippen molar-refractivity contribution in [3.63, 3.8) is 0 Å². The van der Waals surface area contributed by atoms with Gasteiger partial charge in [0.1, 0.15) is 5.94 Å². The molecule has 0 aromatic heterocycles. The number of allylic oxidation sites excluding steroid dienone is 4. The zero-order valence-corrected chi connectivity index (χ0v) is 11.2. The molecule has 0 radical (unpaired) electrons. The van der Waals surface area contributed by atoms with Crippen LogP contribution in [0.4, 0.5) is 0 Å². The first-order valence-corrected chi connectivity index (χ1v) is 6.18. The van der Waals surface area contributed by atoms with E-state index in [0.717, 1.165) is 0 Å². The van der Waals surface area contributed by atoms with Gasteiger partial charge in [-0.3, -0.25) is 4.84 Å². The molecular weight excluding hydrogens is 246 g/mol. The Morgan fingerprint density at radius 2 is 2.21 bits per heavy atom. The van der Waals surface area contributed by atoms with E-state index in [4.69, 9.17) is 4.84 Å². The monoisotopic (exact) mass is 263 g/mol. The molecule has 2 atom stereocenters. The summed E-state index contributed by atoms with van der Waals surface area (Å²) < 4.78 is 0. The summed E-state index contributed by atoms with van der Waals surface area (Å²) in [6, 6.07) is -1.09. The van der Waals surface area contributed by atoms with E-state index in [-0.39, 0.29) is 11.5 Å². The van der Waals surface area contributed by atoms with Crippen molar-refractivity contribution in [3.8, 4) is 0 Å². The maximum absolute atomic E-state index is 11.4. The molecule has 2 unspecified atom stereocenters. The maximum Gasteiger partial charge on any atom is 0.334 e. The molecule has 5 nitrogen and oxygen atoms in total. The normalized spacial score (nSPS) is 25.9. The smallest absolute Gasteiger partial charge is 0.334 e. The van der Waals surface area contributed by atoms with Crippen LogP contribution in [0.2, 0.25) is 0 Å². The van der Waals surface area contributed by atoms with E-state index in [2.05, 4.69) is 0 Å². The summed E-state index contributed by atoms with van der Waals surface area (Å²) in [6.07, 6.45) is 6.15. The third-order valence-electron chi connectivity index (χ3n) is 3.01. The Bertz CT molecular complexity index is 506. The number of fused-ring (bicyclic) bond motifs is 1. The highest BCUT2D eigenvalue weighted by Gasteiger charge is 2.48. The van der Waals surface area contributed by atoms with E-state index in [1.54, 1.807) is 12.0 Å². The Kier molecular flexibility index (Phi) is 3.35. The van der Waals surface area contributed by atoms with Crippen molar-refractivity contribution >= 4 is 11.9 Å². The molecule has 1 saturated heterocycles. The number of rotatable bonds is 2. The molecule has 102 valence electrons. The van der Waals surface area contributed by atoms with Crippen molar-refractivity contribution in [2.45, 2.75) is 38.8 Å². The van der Waals surface area contributed by atoms with Gasteiger partial charge in [-0.2, -0.15) is 0 Å². The van der Waals surface area contributed by atoms with E-state index < -0.39 is 17.6 Å². The number of hydroxylamine groups is 2. The largest absolute Gasteiger partial charge is 0.479 e. The predicted molar refractivity (Wildman–Crippen MR) is 68.6 cm³/mol. The Morgan fingerprint density at radius 3 is 2.74 bits per heavy atom. The number of nitrogens with zero attached hydrogens (tertiary/aromatic N) is 1. The fraction of sp³-hybridized carbons (Fsp3) is 0.500. The number of carboxylic acid groups (broad SMARTS) is 1. The van der Waals surface area contributed by atoms with Crippen molar-refractivity contribution in [2.75, 3.05) is 0 Å². The van der Waals surface area contributed by atoms with Crippen molar-refractivity contribution in [3.05, 3.63) is 29.5 Å². The summed E-state index contributed by atoms with van der Waals surface area (Å²) >= 11 is 0. The minimum atomic E-state index is -1.10. The second-order valence-corrected chi connectivity index (χ2v) is 5.64. The second-order valence-electron chi connectivity index (χ2n) is 5.64. The van der Waals surface area contributed by atoms with Crippen LogP contribution in [0, 0.1) is 5.92 Å². The summed E-state index contributed by atoms with van der Waals surface area (Å²) in [6.45, 7) is 5.51. The lowest BCUT2D eigenvalue weighted by atomic mass is 9.91. The van der Waals surface area contributed by atoms with Crippen molar-refractivity contribution < 1.29 is 19.5 Å². The van der Waals surface area contributed by atoms with Gasteiger partial charge in [0.25, 0.3) is 0 Å². The molecular formula is C14H17NO4. The van der Waals surface area contributed by atoms with Gasteiger partial charge < -0.3 is 5.11 Å². The molecule has 2 rings (SSSR count). The number of carboxylic acids is 1. The number of hydrogen-bond donors (Lipinski definition) is 1. The van der Waals surface area contributed by atoms with Crippen LogP contribution in [-0.4, -0.2) is 33.7 Å². The zero-order valence-electron chi connectivity index (χ0n) is 11.2. The second kappa shape index (κ2) is 4.68. The van der Waals surface area contributed by atoms with Crippen LogP contribution in [0.1, 0.15) is 27.2 Å². The first kappa shape index (κ1) is 13.6. The lowest BCUT2D eigenvalue weighted by Crippen LogP contribution is -2.41. The van der Waals surface area contributed by atoms with Crippen molar-refractivity contribution in [1.82, 2.24) is 5.06 Å². The van der Waals surface area contributed by atoms with Gasteiger partial charge in [-0.15, -0.1) is 0 Å². The Morgan fingerprint density at radius 1 is 1.53 bits per heavy atom. The van der Waals surface area contributed by atoms with Crippen LogP contribution in [0.5, 0.6) is 0 Å². The average Bonchev–Trinajstić information content (AvgIpc) is 2.61. The highest BCUT2D eigenvalue weighted by molar-refractivity contribution is 5.83. The minimum absolute atomic E-state index is 0.229. The molecule has 2 aliphatic rings. The van der Waals surface area contributed by atoms with Crippen LogP contribution >= 0.6 is 0 Å². The molecule has 1 aliphatic carbocycles. The van der Waals surface area contributed by atoms with Crippen molar-refractivity contribution in [2.24, 2.45) is 5.92 Å². The molecule has 0 aromatic carbocycles. The first-order chi connectivity index (χ1) is 8.85. The zero-order chi connectivity index (χ0) is 14.2. The lowest BCUT2D eigenvalue weighted by molar-refractivity contribution is -0.219. The average molecular weight is 263 g/mol. The van der Waals surface area contributed by atoms with Crippen LogP contribution in [0.25, 0.3) is 0 Å². The molecule has 1 aliphatic heterocycles. The predicted octanol–water partition coefficient (Wildman–Crippen LogP) is 1.70. The number of hydrogen-bond acceptors (Lipinski definition) is 4. The van der Waals surface area contributed by atoms with E-state index in [0.29, 0.717) is 12.1 Å². The summed E-state index contributed by atoms with van der Waals surface area (Å²) in [5, 5.41) is 10.7. The Labute approximate surface area is 111 Å². The Balaban J connectivity index is 2.46. The standard InChI is InChI=1S/C14H17NO4/c1-14(2,3)19-15-11-7-5-4-6-9(11)10(8-16)12(15)13(17)18/h4-5,7,9,12H,6H2,1-3H3,(H,17,18). The van der Waals surface area contributed by atoms with Gasteiger partial charge in [0.15, 0.2) is 6.04 Å². The fourth-order valence-corrected chi connectivity index (χ4v) is 2.36. The number of aliphatic carboxylic acids is 1. The highest BCUT2D eigenvalue weighted by Crippen LogP contribution is 2.42. The van der Waals surface area contributed by atoms with Gasteiger partial charge in [-0.05, 0) is 33.3 Å². The third-order valence-corrected chi connectivity index (χ3v) is 3.01. The molecule has 0 spiro atoms. The van der Waals surface area contributed by atoms with Gasteiger partial charge in [0.05, 0.1) is 16.9 Å². The number of carbonyl (C=O) groups excluding carboxylic acids is 1. The van der Waals surface area contributed by atoms with Crippen LogP contribution in [-0.2, 0) is 14.4 Å². The molecule has 1 fully saturated rings. The van der Waals surface area contributed by atoms with Crippen LogP contribution in [0.3, 0.4) is 0 Å². The summed E-state index contributed by atoms with van der Waals surface area (Å²) in [7, 11) is 0. The molecule has 0 aromatic rings. The van der Waals surface area contributed by atoms with E-state index in [9.17, 15) is 14.7 Å². The summed E-state index contributed by atoms with van der Waals surface area (Å²) in [5.74, 6) is 0.456. The Hall–Kier alpha value is -1.84. The van der Waals surface area contributed by atoms with Gasteiger partial charge in [0.2, 0.25) is 0 Å². The van der Waals surface area contributed by atoms with E-state index in [1.807, 2.05) is 32.9 Å².